The van der Waals surface area contributed by atoms with Crippen LogP contribution in [0.5, 0.6) is 0 Å². The molecular formula is C16H29N3. The number of hydrogen-bond donors (Lipinski definition) is 1. The lowest BCUT2D eigenvalue weighted by atomic mass is 9.85. The van der Waals surface area contributed by atoms with Gasteiger partial charge >= 0.3 is 0 Å². The standard InChI is InChI=1S/C16H29N3/c1-13(2)18-16(3,12-17)9-11-19-10-8-14-6-4-5-7-15(14)19/h13-15,18H,4-11H2,1-3H3. The van der Waals surface area contributed by atoms with Crippen LogP contribution in [-0.2, 0) is 0 Å². The van der Waals surface area contributed by atoms with Gasteiger partial charge in [-0.05, 0) is 58.9 Å². The summed E-state index contributed by atoms with van der Waals surface area (Å²) >= 11 is 0. The number of nitrogens with one attached hydrogen (secondary N) is 1. The molecule has 2 rings (SSSR count). The molecule has 0 radical (unpaired) electrons. The summed E-state index contributed by atoms with van der Waals surface area (Å²) in [6.45, 7) is 8.59. The lowest BCUT2D eigenvalue weighted by molar-refractivity contribution is 0.169. The summed E-state index contributed by atoms with van der Waals surface area (Å²) in [5, 5.41) is 12.8. The predicted octanol–water partition coefficient (Wildman–Crippen LogP) is 2.92. The fourth-order valence-corrected chi connectivity index (χ4v) is 3.95. The summed E-state index contributed by atoms with van der Waals surface area (Å²) in [5.74, 6) is 0.945. The van der Waals surface area contributed by atoms with Gasteiger partial charge in [0.1, 0.15) is 5.54 Å². The molecule has 2 aliphatic rings. The Kier molecular flexibility index (Phi) is 4.86. The molecule has 0 aromatic rings. The second-order valence-electron chi connectivity index (χ2n) is 6.93. The molecule has 1 saturated carbocycles. The Morgan fingerprint density at radius 3 is 2.74 bits per heavy atom. The van der Waals surface area contributed by atoms with Crippen LogP contribution in [0.1, 0.15) is 59.3 Å². The zero-order valence-electron chi connectivity index (χ0n) is 12.8. The molecule has 1 N–H and O–H groups in total. The lowest BCUT2D eigenvalue weighted by Crippen LogP contribution is -2.48. The fourth-order valence-electron chi connectivity index (χ4n) is 3.95. The summed E-state index contributed by atoms with van der Waals surface area (Å²) < 4.78 is 0. The van der Waals surface area contributed by atoms with E-state index in [1.807, 2.05) is 6.92 Å². The monoisotopic (exact) mass is 263 g/mol. The van der Waals surface area contributed by atoms with E-state index in [9.17, 15) is 5.26 Å². The Bertz CT molecular complexity index is 333. The topological polar surface area (TPSA) is 39.1 Å². The van der Waals surface area contributed by atoms with E-state index in [-0.39, 0.29) is 5.54 Å². The van der Waals surface area contributed by atoms with E-state index < -0.39 is 0 Å². The first kappa shape index (κ1) is 14.8. The van der Waals surface area contributed by atoms with Gasteiger partial charge in [0.05, 0.1) is 6.07 Å². The Morgan fingerprint density at radius 1 is 1.32 bits per heavy atom. The van der Waals surface area contributed by atoms with Crippen LogP contribution in [0.2, 0.25) is 0 Å². The van der Waals surface area contributed by atoms with Crippen LogP contribution < -0.4 is 5.32 Å². The van der Waals surface area contributed by atoms with Gasteiger partial charge in [-0.25, -0.2) is 0 Å². The van der Waals surface area contributed by atoms with E-state index in [1.165, 1.54) is 38.6 Å². The van der Waals surface area contributed by atoms with Crippen LogP contribution >= 0.6 is 0 Å². The molecule has 3 atom stereocenters. The number of nitriles is 1. The smallest absolute Gasteiger partial charge is 0.105 e. The maximum atomic E-state index is 9.41. The normalized spacial score (nSPS) is 30.9. The van der Waals surface area contributed by atoms with Gasteiger partial charge in [-0.2, -0.15) is 5.26 Å². The van der Waals surface area contributed by atoms with Gasteiger partial charge in [0.2, 0.25) is 0 Å². The number of hydrogen-bond acceptors (Lipinski definition) is 3. The summed E-state index contributed by atoms with van der Waals surface area (Å²) in [4.78, 5) is 2.65. The Balaban J connectivity index is 1.86. The summed E-state index contributed by atoms with van der Waals surface area (Å²) in [6.07, 6.45) is 7.96. The SMILES string of the molecule is CC(C)NC(C)(C#N)CCN1CCC2CCCCC21. The molecule has 1 saturated heterocycles. The van der Waals surface area contributed by atoms with Crippen molar-refractivity contribution in [3.05, 3.63) is 0 Å². The van der Waals surface area contributed by atoms with Crippen LogP contribution in [0.4, 0.5) is 0 Å². The molecule has 3 nitrogen and oxygen atoms in total. The molecule has 19 heavy (non-hydrogen) atoms. The number of likely N-dealkylation sites (tertiary alicyclic amines) is 1. The van der Waals surface area contributed by atoms with Gasteiger partial charge < -0.3 is 0 Å². The maximum Gasteiger partial charge on any atom is 0.105 e. The molecular weight excluding hydrogens is 234 g/mol. The van der Waals surface area contributed by atoms with Gasteiger partial charge in [0.15, 0.2) is 0 Å². The van der Waals surface area contributed by atoms with Crippen LogP contribution in [0.25, 0.3) is 0 Å². The second-order valence-corrected chi connectivity index (χ2v) is 6.93. The highest BCUT2D eigenvalue weighted by molar-refractivity contribution is 5.05. The molecule has 1 aliphatic heterocycles. The number of fused-ring (bicyclic) bond motifs is 1. The molecule has 0 spiro atoms. The van der Waals surface area contributed by atoms with Crippen molar-refractivity contribution in [2.75, 3.05) is 13.1 Å². The minimum atomic E-state index is -0.374. The zero-order chi connectivity index (χ0) is 13.9. The third-order valence-electron chi connectivity index (χ3n) is 4.88. The fraction of sp³-hybridized carbons (Fsp3) is 0.938. The van der Waals surface area contributed by atoms with Crippen molar-refractivity contribution in [1.82, 2.24) is 10.2 Å². The summed E-state index contributed by atoms with van der Waals surface area (Å²) in [7, 11) is 0. The van der Waals surface area contributed by atoms with Crippen LogP contribution in [-0.4, -0.2) is 35.6 Å². The van der Waals surface area contributed by atoms with E-state index in [1.54, 1.807) is 0 Å². The molecule has 1 heterocycles. The van der Waals surface area contributed by atoms with Gasteiger partial charge in [-0.1, -0.05) is 12.8 Å². The first-order chi connectivity index (χ1) is 9.04. The molecule has 3 unspecified atom stereocenters. The van der Waals surface area contributed by atoms with Gasteiger partial charge in [-0.15, -0.1) is 0 Å². The van der Waals surface area contributed by atoms with E-state index in [0.717, 1.165) is 24.9 Å². The second kappa shape index (κ2) is 6.24. The third kappa shape index (κ3) is 3.70. The average Bonchev–Trinajstić information content (AvgIpc) is 2.79. The quantitative estimate of drug-likeness (QED) is 0.829. The predicted molar refractivity (Wildman–Crippen MR) is 78.8 cm³/mol. The first-order valence-corrected chi connectivity index (χ1v) is 7.97. The van der Waals surface area contributed by atoms with Crippen molar-refractivity contribution in [2.24, 2.45) is 5.92 Å². The minimum Gasteiger partial charge on any atom is -0.300 e. The molecule has 0 bridgehead atoms. The van der Waals surface area contributed by atoms with E-state index in [0.29, 0.717) is 6.04 Å². The first-order valence-electron chi connectivity index (χ1n) is 7.97. The molecule has 0 amide bonds. The van der Waals surface area contributed by atoms with E-state index in [2.05, 4.69) is 30.1 Å². The van der Waals surface area contributed by atoms with Gasteiger partial charge in [-0.3, -0.25) is 10.2 Å². The Morgan fingerprint density at radius 2 is 2.05 bits per heavy atom. The number of rotatable bonds is 5. The molecule has 108 valence electrons. The van der Waals surface area contributed by atoms with Crippen molar-refractivity contribution in [3.63, 3.8) is 0 Å². The van der Waals surface area contributed by atoms with Crippen molar-refractivity contribution < 1.29 is 0 Å². The van der Waals surface area contributed by atoms with Crippen LogP contribution in [0.3, 0.4) is 0 Å². The number of nitrogens with zero attached hydrogens (tertiary/aromatic N) is 2. The Labute approximate surface area is 118 Å². The third-order valence-corrected chi connectivity index (χ3v) is 4.88. The van der Waals surface area contributed by atoms with Crippen LogP contribution in [0, 0.1) is 17.2 Å². The van der Waals surface area contributed by atoms with Crippen molar-refractivity contribution in [2.45, 2.75) is 76.9 Å². The molecule has 2 fully saturated rings. The van der Waals surface area contributed by atoms with Gasteiger partial charge in [0, 0.05) is 18.6 Å². The van der Waals surface area contributed by atoms with Crippen molar-refractivity contribution >= 4 is 0 Å². The average molecular weight is 263 g/mol. The zero-order valence-corrected chi connectivity index (χ0v) is 12.8. The molecule has 0 aromatic carbocycles. The molecule has 1 aliphatic carbocycles. The van der Waals surface area contributed by atoms with Crippen LogP contribution in [0.15, 0.2) is 0 Å². The Hall–Kier alpha value is -0.590. The van der Waals surface area contributed by atoms with E-state index >= 15 is 0 Å². The largest absolute Gasteiger partial charge is 0.300 e. The minimum absolute atomic E-state index is 0.366. The molecule has 3 heteroatoms. The van der Waals surface area contributed by atoms with Crippen molar-refractivity contribution in [1.29, 1.82) is 5.26 Å². The highest BCUT2D eigenvalue weighted by atomic mass is 15.2. The summed E-state index contributed by atoms with van der Waals surface area (Å²) in [5.41, 5.74) is -0.374. The molecule has 0 aromatic heterocycles. The lowest BCUT2D eigenvalue weighted by Gasteiger charge is -2.34. The highest BCUT2D eigenvalue weighted by Gasteiger charge is 2.36. The highest BCUT2D eigenvalue weighted by Crippen LogP contribution is 2.36. The van der Waals surface area contributed by atoms with Crippen molar-refractivity contribution in [3.8, 4) is 6.07 Å². The van der Waals surface area contributed by atoms with E-state index in [4.69, 9.17) is 0 Å². The van der Waals surface area contributed by atoms with Gasteiger partial charge in [0.25, 0.3) is 0 Å². The summed E-state index contributed by atoms with van der Waals surface area (Å²) in [6, 6.07) is 3.65. The maximum absolute atomic E-state index is 9.41.